The van der Waals surface area contributed by atoms with Crippen molar-refractivity contribution in [1.82, 2.24) is 10.6 Å². The summed E-state index contributed by atoms with van der Waals surface area (Å²) in [6, 6.07) is 5.57. The van der Waals surface area contributed by atoms with Gasteiger partial charge in [-0.15, -0.1) is 0 Å². The number of piperidine rings is 1. The summed E-state index contributed by atoms with van der Waals surface area (Å²) < 4.78 is 10.4. The molecule has 0 atom stereocenters. The molecule has 1 aromatic carbocycles. The van der Waals surface area contributed by atoms with E-state index in [1.807, 2.05) is 18.2 Å². The van der Waals surface area contributed by atoms with Crippen molar-refractivity contribution in [3.05, 3.63) is 23.8 Å². The van der Waals surface area contributed by atoms with Crippen LogP contribution in [0.5, 0.6) is 11.5 Å². The first kappa shape index (κ1) is 15.6. The molecule has 0 aromatic heterocycles. The van der Waals surface area contributed by atoms with Gasteiger partial charge in [0, 0.05) is 6.54 Å². The van der Waals surface area contributed by atoms with Crippen LogP contribution in [0.4, 0.5) is 0 Å². The van der Waals surface area contributed by atoms with Crippen LogP contribution in [0.25, 0.3) is 0 Å². The lowest BCUT2D eigenvalue weighted by Crippen LogP contribution is -2.36. The normalized spacial score (nSPS) is 15.5. The van der Waals surface area contributed by atoms with Crippen molar-refractivity contribution >= 4 is 5.91 Å². The Hall–Kier alpha value is -1.75. The standard InChI is InChI=1S/C16H24N2O3/c1-20-14-4-3-13(9-15(14)21-2)10-16(19)18-11-12-5-7-17-8-6-12/h3-4,9,12,17H,5-8,10-11H2,1-2H3,(H,18,19). The van der Waals surface area contributed by atoms with Gasteiger partial charge in [0.2, 0.25) is 5.91 Å². The second-order valence-corrected chi connectivity index (χ2v) is 5.36. The van der Waals surface area contributed by atoms with Crippen molar-refractivity contribution in [2.75, 3.05) is 33.9 Å². The lowest BCUT2D eigenvalue weighted by atomic mass is 9.98. The fourth-order valence-corrected chi connectivity index (χ4v) is 2.58. The lowest BCUT2D eigenvalue weighted by molar-refractivity contribution is -0.120. The van der Waals surface area contributed by atoms with Crippen molar-refractivity contribution in [2.24, 2.45) is 5.92 Å². The van der Waals surface area contributed by atoms with E-state index in [4.69, 9.17) is 9.47 Å². The van der Waals surface area contributed by atoms with Gasteiger partial charge < -0.3 is 20.1 Å². The van der Waals surface area contributed by atoms with Gasteiger partial charge in [-0.25, -0.2) is 0 Å². The number of hydrogen-bond acceptors (Lipinski definition) is 4. The minimum atomic E-state index is 0.0563. The SMILES string of the molecule is COc1ccc(CC(=O)NCC2CCNCC2)cc1OC. The molecule has 1 aromatic rings. The number of carbonyl (C=O) groups excluding carboxylic acids is 1. The maximum Gasteiger partial charge on any atom is 0.224 e. The Morgan fingerprint density at radius 3 is 2.62 bits per heavy atom. The Balaban J connectivity index is 1.84. The van der Waals surface area contributed by atoms with Gasteiger partial charge in [0.15, 0.2) is 11.5 Å². The van der Waals surface area contributed by atoms with Gasteiger partial charge in [-0.1, -0.05) is 6.07 Å². The number of rotatable bonds is 6. The fraction of sp³-hybridized carbons (Fsp3) is 0.562. The van der Waals surface area contributed by atoms with Crippen LogP contribution in [0.15, 0.2) is 18.2 Å². The van der Waals surface area contributed by atoms with E-state index in [9.17, 15) is 4.79 Å². The van der Waals surface area contributed by atoms with Crippen molar-refractivity contribution in [3.63, 3.8) is 0 Å². The highest BCUT2D eigenvalue weighted by Crippen LogP contribution is 2.27. The summed E-state index contributed by atoms with van der Waals surface area (Å²) in [4.78, 5) is 12.0. The van der Waals surface area contributed by atoms with Crippen LogP contribution in [-0.4, -0.2) is 39.8 Å². The molecular formula is C16H24N2O3. The van der Waals surface area contributed by atoms with Crippen molar-refractivity contribution in [2.45, 2.75) is 19.3 Å². The molecule has 0 unspecified atom stereocenters. The number of nitrogens with one attached hydrogen (secondary N) is 2. The molecule has 5 nitrogen and oxygen atoms in total. The first-order chi connectivity index (χ1) is 10.2. The van der Waals surface area contributed by atoms with Gasteiger partial charge in [-0.05, 0) is 49.5 Å². The molecule has 1 fully saturated rings. The van der Waals surface area contributed by atoms with Crippen LogP contribution in [0.1, 0.15) is 18.4 Å². The van der Waals surface area contributed by atoms with E-state index in [1.165, 1.54) is 0 Å². The molecule has 1 heterocycles. The maximum absolute atomic E-state index is 12.0. The monoisotopic (exact) mass is 292 g/mol. The molecule has 5 heteroatoms. The van der Waals surface area contributed by atoms with Gasteiger partial charge in [0.25, 0.3) is 0 Å². The molecule has 1 aliphatic rings. The van der Waals surface area contributed by atoms with Crippen molar-refractivity contribution in [1.29, 1.82) is 0 Å². The quantitative estimate of drug-likeness (QED) is 0.831. The molecule has 116 valence electrons. The number of carbonyl (C=O) groups is 1. The molecule has 0 radical (unpaired) electrons. The zero-order valence-electron chi connectivity index (χ0n) is 12.8. The van der Waals surface area contributed by atoms with Gasteiger partial charge in [0.05, 0.1) is 20.6 Å². The summed E-state index contributed by atoms with van der Waals surface area (Å²) in [7, 11) is 3.20. The van der Waals surface area contributed by atoms with Gasteiger partial charge >= 0.3 is 0 Å². The molecule has 0 spiro atoms. The zero-order chi connectivity index (χ0) is 15.1. The van der Waals surface area contributed by atoms with E-state index in [0.29, 0.717) is 23.8 Å². The van der Waals surface area contributed by atoms with E-state index in [0.717, 1.165) is 38.0 Å². The predicted molar refractivity (Wildman–Crippen MR) is 81.9 cm³/mol. The van der Waals surface area contributed by atoms with Crippen LogP contribution >= 0.6 is 0 Å². The number of benzene rings is 1. The Kier molecular flexibility index (Phi) is 5.87. The van der Waals surface area contributed by atoms with E-state index in [1.54, 1.807) is 14.2 Å². The van der Waals surface area contributed by atoms with E-state index in [-0.39, 0.29) is 5.91 Å². The molecule has 0 saturated carbocycles. The van der Waals surface area contributed by atoms with Crippen LogP contribution in [-0.2, 0) is 11.2 Å². The summed E-state index contributed by atoms with van der Waals surface area (Å²) in [5.74, 6) is 1.99. The van der Waals surface area contributed by atoms with Crippen LogP contribution < -0.4 is 20.1 Å². The van der Waals surface area contributed by atoms with Gasteiger partial charge in [-0.2, -0.15) is 0 Å². The Labute approximate surface area is 126 Å². The smallest absolute Gasteiger partial charge is 0.224 e. The highest BCUT2D eigenvalue weighted by Gasteiger charge is 2.14. The topological polar surface area (TPSA) is 59.6 Å². The van der Waals surface area contributed by atoms with Gasteiger partial charge in [0.1, 0.15) is 0 Å². The summed E-state index contributed by atoms with van der Waals surface area (Å²) in [5, 5.41) is 6.36. The molecule has 1 amide bonds. The van der Waals surface area contributed by atoms with E-state index in [2.05, 4.69) is 10.6 Å². The molecule has 1 aliphatic heterocycles. The molecular weight excluding hydrogens is 268 g/mol. The average molecular weight is 292 g/mol. The molecule has 21 heavy (non-hydrogen) atoms. The van der Waals surface area contributed by atoms with E-state index < -0.39 is 0 Å². The number of ether oxygens (including phenoxy) is 2. The summed E-state index contributed by atoms with van der Waals surface area (Å²) in [5.41, 5.74) is 0.926. The minimum absolute atomic E-state index is 0.0563. The Bertz CT molecular complexity index is 471. The van der Waals surface area contributed by atoms with Crippen LogP contribution in [0.2, 0.25) is 0 Å². The minimum Gasteiger partial charge on any atom is -0.493 e. The third-order valence-electron chi connectivity index (χ3n) is 3.86. The van der Waals surface area contributed by atoms with Crippen molar-refractivity contribution < 1.29 is 14.3 Å². The number of methoxy groups -OCH3 is 2. The highest BCUT2D eigenvalue weighted by molar-refractivity contribution is 5.78. The first-order valence-corrected chi connectivity index (χ1v) is 7.41. The Morgan fingerprint density at radius 2 is 1.95 bits per heavy atom. The van der Waals surface area contributed by atoms with Crippen molar-refractivity contribution in [3.8, 4) is 11.5 Å². The maximum atomic E-state index is 12.0. The third-order valence-corrected chi connectivity index (χ3v) is 3.86. The predicted octanol–water partition coefficient (Wildman–Crippen LogP) is 1.36. The lowest BCUT2D eigenvalue weighted by Gasteiger charge is -2.22. The Morgan fingerprint density at radius 1 is 1.24 bits per heavy atom. The molecule has 1 saturated heterocycles. The third kappa shape index (κ3) is 4.63. The largest absolute Gasteiger partial charge is 0.493 e. The fourth-order valence-electron chi connectivity index (χ4n) is 2.58. The van der Waals surface area contributed by atoms with E-state index >= 15 is 0 Å². The van der Waals surface area contributed by atoms with Gasteiger partial charge in [-0.3, -0.25) is 4.79 Å². The molecule has 2 rings (SSSR count). The second kappa shape index (κ2) is 7.88. The molecule has 2 N–H and O–H groups in total. The first-order valence-electron chi connectivity index (χ1n) is 7.41. The summed E-state index contributed by atoms with van der Waals surface area (Å²) in [6.45, 7) is 2.88. The summed E-state index contributed by atoms with van der Waals surface area (Å²) in [6.07, 6.45) is 2.64. The zero-order valence-corrected chi connectivity index (χ0v) is 12.8. The molecule has 0 bridgehead atoms. The summed E-state index contributed by atoms with van der Waals surface area (Å²) >= 11 is 0. The number of amides is 1. The average Bonchev–Trinajstić information content (AvgIpc) is 2.53. The molecule has 0 aliphatic carbocycles. The number of hydrogen-bond donors (Lipinski definition) is 2. The van der Waals surface area contributed by atoms with Crippen LogP contribution in [0, 0.1) is 5.92 Å². The van der Waals surface area contributed by atoms with Crippen LogP contribution in [0.3, 0.4) is 0 Å². The highest BCUT2D eigenvalue weighted by atomic mass is 16.5. The second-order valence-electron chi connectivity index (χ2n) is 5.36.